The second-order valence-corrected chi connectivity index (χ2v) is 6.58. The van der Waals surface area contributed by atoms with Crippen LogP contribution in [-0.4, -0.2) is 28.3 Å². The number of hydrogen-bond donors (Lipinski definition) is 1. The topological polar surface area (TPSA) is 103 Å². The molecule has 8 nitrogen and oxygen atoms in total. The second kappa shape index (κ2) is 9.20. The van der Waals surface area contributed by atoms with Crippen molar-refractivity contribution in [3.8, 4) is 11.5 Å². The van der Waals surface area contributed by atoms with Crippen LogP contribution < -0.4 is 11.1 Å². The molecule has 0 bridgehead atoms. The number of benzene rings is 2. The van der Waals surface area contributed by atoms with Crippen LogP contribution in [0.1, 0.15) is 18.5 Å². The molecule has 2 aromatic carbocycles. The standard InChI is InChI=1S/C20H18ClN3O5/c1-13(15-9-5-6-10-16(15)21)22-17(25)12-28-18(26)11-24-20(27)29-19(23-24)14-7-3-2-4-8-14/h2-10,13H,11-12H2,1H3,(H,22,25)/t13-/m0/s1. The van der Waals surface area contributed by atoms with Gasteiger partial charge in [0, 0.05) is 10.6 Å². The van der Waals surface area contributed by atoms with Crippen LogP contribution in [0.4, 0.5) is 0 Å². The van der Waals surface area contributed by atoms with Gasteiger partial charge in [-0.05, 0) is 30.7 Å². The Morgan fingerprint density at radius 1 is 1.17 bits per heavy atom. The van der Waals surface area contributed by atoms with Gasteiger partial charge >= 0.3 is 11.7 Å². The molecule has 0 saturated heterocycles. The summed E-state index contributed by atoms with van der Waals surface area (Å²) in [6, 6.07) is 15.5. The van der Waals surface area contributed by atoms with Crippen LogP contribution >= 0.6 is 11.6 Å². The van der Waals surface area contributed by atoms with Crippen LogP contribution in [0.5, 0.6) is 0 Å². The van der Waals surface area contributed by atoms with Crippen LogP contribution in [0, 0.1) is 0 Å². The number of carbonyl (C=O) groups is 2. The van der Waals surface area contributed by atoms with E-state index in [1.807, 2.05) is 12.1 Å². The molecule has 0 saturated carbocycles. The number of rotatable bonds is 7. The molecular weight excluding hydrogens is 398 g/mol. The van der Waals surface area contributed by atoms with Crippen molar-refractivity contribution >= 4 is 23.5 Å². The van der Waals surface area contributed by atoms with Crippen molar-refractivity contribution in [1.82, 2.24) is 15.1 Å². The molecule has 1 aromatic heterocycles. The Hall–Kier alpha value is -3.39. The summed E-state index contributed by atoms with van der Waals surface area (Å²) in [6.07, 6.45) is 0. The number of nitrogens with zero attached hydrogens (tertiary/aromatic N) is 2. The quantitative estimate of drug-likeness (QED) is 0.595. The fourth-order valence-electron chi connectivity index (χ4n) is 2.60. The normalized spacial score (nSPS) is 11.7. The lowest BCUT2D eigenvalue weighted by Gasteiger charge is -2.15. The van der Waals surface area contributed by atoms with Crippen molar-refractivity contribution in [1.29, 1.82) is 0 Å². The summed E-state index contributed by atoms with van der Waals surface area (Å²) in [6.45, 7) is 0.801. The van der Waals surface area contributed by atoms with Crippen LogP contribution in [0.25, 0.3) is 11.5 Å². The summed E-state index contributed by atoms with van der Waals surface area (Å²) < 4.78 is 10.8. The Kier molecular flexibility index (Phi) is 6.46. The van der Waals surface area contributed by atoms with Crippen molar-refractivity contribution in [2.24, 2.45) is 0 Å². The molecule has 1 atom stereocenters. The lowest BCUT2D eigenvalue weighted by atomic mass is 10.1. The molecule has 1 amide bonds. The van der Waals surface area contributed by atoms with Gasteiger partial charge < -0.3 is 14.5 Å². The number of nitrogens with one attached hydrogen (secondary N) is 1. The zero-order valence-corrected chi connectivity index (χ0v) is 16.3. The van der Waals surface area contributed by atoms with Crippen LogP contribution in [0.15, 0.2) is 63.8 Å². The minimum absolute atomic E-state index is 0.0923. The van der Waals surface area contributed by atoms with Gasteiger partial charge in [-0.1, -0.05) is 48.0 Å². The smallest absolute Gasteiger partial charge is 0.437 e. The maximum atomic E-state index is 12.0. The molecule has 1 N–H and O–H groups in total. The summed E-state index contributed by atoms with van der Waals surface area (Å²) in [5, 5.41) is 7.18. The summed E-state index contributed by atoms with van der Waals surface area (Å²) in [4.78, 5) is 35.8. The number of ether oxygens (including phenoxy) is 1. The van der Waals surface area contributed by atoms with Gasteiger partial charge in [0.15, 0.2) is 6.61 Å². The fraction of sp³-hybridized carbons (Fsp3) is 0.200. The zero-order chi connectivity index (χ0) is 20.8. The van der Waals surface area contributed by atoms with E-state index in [4.69, 9.17) is 20.8 Å². The van der Waals surface area contributed by atoms with E-state index in [0.29, 0.717) is 10.6 Å². The molecule has 0 fully saturated rings. The molecule has 0 aliphatic carbocycles. The third kappa shape index (κ3) is 5.32. The largest absolute Gasteiger partial charge is 0.454 e. The van der Waals surface area contributed by atoms with Crippen LogP contribution in [0.2, 0.25) is 5.02 Å². The maximum Gasteiger partial charge on any atom is 0.437 e. The van der Waals surface area contributed by atoms with E-state index in [2.05, 4.69) is 10.4 Å². The molecule has 9 heteroatoms. The first-order valence-electron chi connectivity index (χ1n) is 8.77. The Bertz CT molecular complexity index is 1060. The fourth-order valence-corrected chi connectivity index (χ4v) is 2.90. The summed E-state index contributed by atoms with van der Waals surface area (Å²) in [7, 11) is 0. The number of amides is 1. The number of halogens is 1. The van der Waals surface area contributed by atoms with E-state index in [0.717, 1.165) is 10.2 Å². The van der Waals surface area contributed by atoms with Crippen molar-refractivity contribution in [2.45, 2.75) is 19.5 Å². The van der Waals surface area contributed by atoms with Crippen molar-refractivity contribution < 1.29 is 18.7 Å². The van der Waals surface area contributed by atoms with E-state index in [1.165, 1.54) is 0 Å². The number of aromatic nitrogens is 2. The van der Waals surface area contributed by atoms with Gasteiger partial charge in [0.05, 0.1) is 6.04 Å². The van der Waals surface area contributed by atoms with E-state index < -0.39 is 30.8 Å². The highest BCUT2D eigenvalue weighted by atomic mass is 35.5. The molecule has 3 rings (SSSR count). The number of hydrogen-bond acceptors (Lipinski definition) is 6. The molecule has 3 aromatic rings. The Labute approximate surface area is 171 Å². The second-order valence-electron chi connectivity index (χ2n) is 6.17. The molecule has 0 unspecified atom stereocenters. The lowest BCUT2D eigenvalue weighted by molar-refractivity contribution is -0.149. The zero-order valence-electron chi connectivity index (χ0n) is 15.5. The maximum absolute atomic E-state index is 12.0. The monoisotopic (exact) mass is 415 g/mol. The van der Waals surface area contributed by atoms with Gasteiger partial charge in [-0.3, -0.25) is 9.59 Å². The van der Waals surface area contributed by atoms with E-state index >= 15 is 0 Å². The number of carbonyl (C=O) groups excluding carboxylic acids is 2. The van der Waals surface area contributed by atoms with Gasteiger partial charge in [0.2, 0.25) is 5.89 Å². The van der Waals surface area contributed by atoms with Crippen molar-refractivity contribution in [3.05, 3.63) is 75.7 Å². The Morgan fingerprint density at radius 2 is 1.86 bits per heavy atom. The first-order valence-corrected chi connectivity index (χ1v) is 9.14. The molecule has 0 spiro atoms. The molecular formula is C20H18ClN3O5. The van der Waals surface area contributed by atoms with Gasteiger partial charge in [-0.15, -0.1) is 5.10 Å². The predicted molar refractivity (Wildman–Crippen MR) is 105 cm³/mol. The number of esters is 1. The molecule has 150 valence electrons. The molecule has 1 heterocycles. The minimum Gasteiger partial charge on any atom is -0.454 e. The van der Waals surface area contributed by atoms with Crippen LogP contribution in [-0.2, 0) is 20.9 Å². The summed E-state index contributed by atoms with van der Waals surface area (Å²) in [5.41, 5.74) is 1.35. The SMILES string of the molecule is C[C@H](NC(=O)COC(=O)Cn1nc(-c2ccccc2)oc1=O)c1ccccc1Cl. The summed E-state index contributed by atoms with van der Waals surface area (Å²) >= 11 is 6.10. The predicted octanol–water partition coefficient (Wildman–Crippen LogP) is 2.58. The van der Waals surface area contributed by atoms with Crippen LogP contribution in [0.3, 0.4) is 0 Å². The van der Waals surface area contributed by atoms with Gasteiger partial charge in [0.1, 0.15) is 6.54 Å². The molecule has 0 aliphatic heterocycles. The highest BCUT2D eigenvalue weighted by molar-refractivity contribution is 6.31. The van der Waals surface area contributed by atoms with Crippen molar-refractivity contribution in [3.63, 3.8) is 0 Å². The molecule has 0 aliphatic rings. The van der Waals surface area contributed by atoms with E-state index in [1.54, 1.807) is 49.4 Å². The van der Waals surface area contributed by atoms with Gasteiger partial charge in [-0.25, -0.2) is 4.79 Å². The third-order valence-corrected chi connectivity index (χ3v) is 4.36. The molecule has 0 radical (unpaired) electrons. The van der Waals surface area contributed by atoms with Gasteiger partial charge in [-0.2, -0.15) is 4.68 Å². The molecule has 29 heavy (non-hydrogen) atoms. The highest BCUT2D eigenvalue weighted by Crippen LogP contribution is 2.21. The highest BCUT2D eigenvalue weighted by Gasteiger charge is 2.16. The Morgan fingerprint density at radius 3 is 2.59 bits per heavy atom. The van der Waals surface area contributed by atoms with E-state index in [-0.39, 0.29) is 11.9 Å². The third-order valence-electron chi connectivity index (χ3n) is 4.02. The minimum atomic E-state index is -0.794. The van der Waals surface area contributed by atoms with Crippen molar-refractivity contribution in [2.75, 3.05) is 6.61 Å². The lowest BCUT2D eigenvalue weighted by Crippen LogP contribution is -2.32. The average Bonchev–Trinajstić information content (AvgIpc) is 3.07. The summed E-state index contributed by atoms with van der Waals surface area (Å²) in [5.74, 6) is -1.99. The first-order chi connectivity index (χ1) is 13.9. The van der Waals surface area contributed by atoms with Gasteiger partial charge in [0.25, 0.3) is 5.91 Å². The Balaban J connectivity index is 1.52. The average molecular weight is 416 g/mol. The van der Waals surface area contributed by atoms with E-state index in [9.17, 15) is 14.4 Å². The first kappa shape index (κ1) is 20.3.